The van der Waals surface area contributed by atoms with Crippen molar-refractivity contribution in [1.82, 2.24) is 20.1 Å². The Morgan fingerprint density at radius 3 is 2.93 bits per heavy atom. The average Bonchev–Trinajstić information content (AvgIpc) is 2.68. The number of likely N-dealkylation sites (tertiary alicyclic amines) is 1. The Bertz CT molecular complexity index is 964. The fourth-order valence-electron chi connectivity index (χ4n) is 3.64. The molecule has 0 aliphatic carbocycles. The van der Waals surface area contributed by atoms with Crippen LogP contribution in [0.3, 0.4) is 0 Å². The van der Waals surface area contributed by atoms with Gasteiger partial charge in [0.2, 0.25) is 0 Å². The summed E-state index contributed by atoms with van der Waals surface area (Å²) in [6.45, 7) is 2.14. The second-order valence-corrected chi connectivity index (χ2v) is 7.35. The van der Waals surface area contributed by atoms with Gasteiger partial charge in [-0.2, -0.15) is 0 Å². The minimum atomic E-state index is 0.366. The first-order chi connectivity index (χ1) is 13.2. The third-order valence-electron chi connectivity index (χ3n) is 4.97. The fourth-order valence-corrected chi connectivity index (χ4v) is 3.80. The Morgan fingerprint density at radius 2 is 2.11 bits per heavy atom. The summed E-state index contributed by atoms with van der Waals surface area (Å²) in [6, 6.07) is 7.86. The van der Waals surface area contributed by atoms with Crippen molar-refractivity contribution in [3.8, 4) is 17.0 Å². The van der Waals surface area contributed by atoms with Gasteiger partial charge in [0.05, 0.1) is 7.11 Å². The molecule has 1 saturated heterocycles. The van der Waals surface area contributed by atoms with Crippen molar-refractivity contribution in [2.45, 2.75) is 18.9 Å². The number of benzene rings is 1. The molecule has 1 aliphatic rings. The van der Waals surface area contributed by atoms with Crippen molar-refractivity contribution in [2.24, 2.45) is 0 Å². The van der Waals surface area contributed by atoms with E-state index in [2.05, 4.69) is 32.4 Å². The van der Waals surface area contributed by atoms with E-state index in [9.17, 15) is 0 Å². The molecule has 2 aromatic heterocycles. The van der Waals surface area contributed by atoms with Gasteiger partial charge < -0.3 is 15.0 Å². The zero-order chi connectivity index (χ0) is 18.8. The summed E-state index contributed by atoms with van der Waals surface area (Å²) in [5, 5.41) is 15.1. The minimum absolute atomic E-state index is 0.366. The van der Waals surface area contributed by atoms with E-state index in [4.69, 9.17) is 16.3 Å². The van der Waals surface area contributed by atoms with E-state index >= 15 is 0 Å². The molecule has 1 fully saturated rings. The molecule has 3 aromatic rings. The molecule has 6 nitrogen and oxygen atoms in total. The average molecular weight is 384 g/mol. The molecule has 4 rings (SSSR count). The molecule has 0 radical (unpaired) electrons. The number of nitrogens with zero attached hydrogens (tertiary/aromatic N) is 4. The molecule has 1 atom stereocenters. The quantitative estimate of drug-likeness (QED) is 0.738. The van der Waals surface area contributed by atoms with Gasteiger partial charge in [0.15, 0.2) is 5.82 Å². The molecule has 7 heteroatoms. The van der Waals surface area contributed by atoms with Crippen molar-refractivity contribution < 1.29 is 4.74 Å². The second kappa shape index (κ2) is 7.66. The summed E-state index contributed by atoms with van der Waals surface area (Å²) in [4.78, 5) is 6.64. The lowest BCUT2D eigenvalue weighted by Gasteiger charge is -2.30. The van der Waals surface area contributed by atoms with Crippen LogP contribution in [0.15, 0.2) is 36.7 Å². The summed E-state index contributed by atoms with van der Waals surface area (Å²) >= 11 is 6.10. The highest BCUT2D eigenvalue weighted by Gasteiger charge is 2.20. The molecule has 1 aliphatic heterocycles. The fraction of sp³-hybridized carbons (Fsp3) is 0.350. The van der Waals surface area contributed by atoms with Gasteiger partial charge in [-0.05, 0) is 50.7 Å². The van der Waals surface area contributed by atoms with Crippen molar-refractivity contribution >= 4 is 28.2 Å². The SMILES string of the molecule is COc1cc(Cl)ccc1-c1nnc(NC2CCCN(C)C2)c2ccncc12. The van der Waals surface area contributed by atoms with Crippen LogP contribution in [0, 0.1) is 0 Å². The standard InChI is InChI=1S/C20H22ClN5O/c1-26-9-3-4-14(12-26)23-20-15-7-8-22-11-17(15)19(24-25-20)16-6-5-13(21)10-18(16)27-2/h5-8,10-11,14H,3-4,9,12H2,1-2H3,(H,23,25). The number of rotatable bonds is 4. The van der Waals surface area contributed by atoms with Crippen molar-refractivity contribution in [2.75, 3.05) is 32.6 Å². The first kappa shape index (κ1) is 17.9. The highest BCUT2D eigenvalue weighted by molar-refractivity contribution is 6.30. The lowest BCUT2D eigenvalue weighted by Crippen LogP contribution is -2.40. The molecular formula is C20H22ClN5O. The van der Waals surface area contributed by atoms with Crippen LogP contribution in [0.2, 0.25) is 5.02 Å². The van der Waals surface area contributed by atoms with E-state index in [0.717, 1.165) is 47.4 Å². The summed E-state index contributed by atoms with van der Waals surface area (Å²) in [7, 11) is 3.77. The molecule has 0 bridgehead atoms. The van der Waals surface area contributed by atoms with Crippen LogP contribution in [0.5, 0.6) is 5.75 Å². The number of aromatic nitrogens is 3. The molecule has 1 aromatic carbocycles. The van der Waals surface area contributed by atoms with Gasteiger partial charge in [0.1, 0.15) is 11.4 Å². The molecule has 140 valence electrons. The van der Waals surface area contributed by atoms with Crippen LogP contribution in [0.1, 0.15) is 12.8 Å². The lowest BCUT2D eigenvalue weighted by molar-refractivity contribution is 0.261. The molecule has 0 spiro atoms. The topological polar surface area (TPSA) is 63.2 Å². The molecule has 1 unspecified atom stereocenters. The summed E-state index contributed by atoms with van der Waals surface area (Å²) < 4.78 is 5.50. The van der Waals surface area contributed by atoms with E-state index in [1.54, 1.807) is 19.4 Å². The number of ether oxygens (including phenoxy) is 1. The molecule has 0 amide bonds. The molecule has 27 heavy (non-hydrogen) atoms. The summed E-state index contributed by atoms with van der Waals surface area (Å²) in [5.41, 5.74) is 1.58. The number of piperidine rings is 1. The van der Waals surface area contributed by atoms with Crippen molar-refractivity contribution in [1.29, 1.82) is 0 Å². The van der Waals surface area contributed by atoms with Crippen molar-refractivity contribution in [3.05, 3.63) is 41.7 Å². The van der Waals surface area contributed by atoms with Gasteiger partial charge >= 0.3 is 0 Å². The zero-order valence-corrected chi connectivity index (χ0v) is 16.2. The van der Waals surface area contributed by atoms with E-state index in [1.807, 2.05) is 24.4 Å². The van der Waals surface area contributed by atoms with Gasteiger partial charge in [-0.1, -0.05) is 11.6 Å². The monoisotopic (exact) mass is 383 g/mol. The molecule has 3 heterocycles. The van der Waals surface area contributed by atoms with Crippen molar-refractivity contribution in [3.63, 3.8) is 0 Å². The maximum atomic E-state index is 6.10. The molecule has 1 N–H and O–H groups in total. The number of likely N-dealkylation sites (N-methyl/N-ethyl adjacent to an activating group) is 1. The van der Waals surface area contributed by atoms with Crippen LogP contribution >= 0.6 is 11.6 Å². The minimum Gasteiger partial charge on any atom is -0.496 e. The highest BCUT2D eigenvalue weighted by Crippen LogP contribution is 2.36. The summed E-state index contributed by atoms with van der Waals surface area (Å²) in [6.07, 6.45) is 5.92. The number of nitrogens with one attached hydrogen (secondary N) is 1. The number of methoxy groups -OCH3 is 1. The Morgan fingerprint density at radius 1 is 1.22 bits per heavy atom. The lowest BCUT2D eigenvalue weighted by atomic mass is 10.0. The van der Waals surface area contributed by atoms with E-state index in [-0.39, 0.29) is 0 Å². The number of hydrogen-bond donors (Lipinski definition) is 1. The van der Waals surface area contributed by atoms with E-state index in [1.165, 1.54) is 6.42 Å². The number of fused-ring (bicyclic) bond motifs is 1. The second-order valence-electron chi connectivity index (χ2n) is 6.91. The normalized spacial score (nSPS) is 17.8. The van der Waals surface area contributed by atoms with Crippen LogP contribution in [0.25, 0.3) is 22.0 Å². The zero-order valence-electron chi connectivity index (χ0n) is 15.4. The first-order valence-electron chi connectivity index (χ1n) is 9.05. The number of pyridine rings is 1. The molecular weight excluding hydrogens is 362 g/mol. The van der Waals surface area contributed by atoms with Gasteiger partial charge in [0.25, 0.3) is 0 Å². The number of anilines is 1. The van der Waals surface area contributed by atoms with Crippen LogP contribution in [-0.4, -0.2) is 53.4 Å². The van der Waals surface area contributed by atoms with E-state index in [0.29, 0.717) is 16.8 Å². The largest absolute Gasteiger partial charge is 0.496 e. The highest BCUT2D eigenvalue weighted by atomic mass is 35.5. The van der Waals surface area contributed by atoms with Gasteiger partial charge in [-0.3, -0.25) is 4.98 Å². The Hall–Kier alpha value is -2.44. The van der Waals surface area contributed by atoms with Gasteiger partial charge in [-0.15, -0.1) is 10.2 Å². The van der Waals surface area contributed by atoms with Crippen LogP contribution in [0.4, 0.5) is 5.82 Å². The van der Waals surface area contributed by atoms with Gasteiger partial charge in [0, 0.05) is 46.3 Å². The number of halogens is 1. The maximum absolute atomic E-state index is 6.10. The van der Waals surface area contributed by atoms with Gasteiger partial charge in [-0.25, -0.2) is 0 Å². The Balaban J connectivity index is 1.77. The predicted molar refractivity (Wildman–Crippen MR) is 108 cm³/mol. The predicted octanol–water partition coefficient (Wildman–Crippen LogP) is 3.86. The Labute approximate surface area is 163 Å². The molecule has 0 saturated carbocycles. The first-order valence-corrected chi connectivity index (χ1v) is 9.43. The van der Waals surface area contributed by atoms with E-state index < -0.39 is 0 Å². The maximum Gasteiger partial charge on any atom is 0.156 e. The third-order valence-corrected chi connectivity index (χ3v) is 5.20. The van der Waals surface area contributed by atoms with Crippen LogP contribution in [-0.2, 0) is 0 Å². The number of hydrogen-bond acceptors (Lipinski definition) is 6. The van der Waals surface area contributed by atoms with Crippen LogP contribution < -0.4 is 10.1 Å². The summed E-state index contributed by atoms with van der Waals surface area (Å²) in [5.74, 6) is 1.46. The smallest absolute Gasteiger partial charge is 0.156 e. The third kappa shape index (κ3) is 3.68. The Kier molecular flexibility index (Phi) is 5.09.